The smallest absolute Gasteiger partial charge is 0.0340 e. The second kappa shape index (κ2) is 6.92. The van der Waals surface area contributed by atoms with Crippen molar-refractivity contribution in [3.63, 3.8) is 0 Å². The summed E-state index contributed by atoms with van der Waals surface area (Å²) in [5.41, 5.74) is 2.55. The molecule has 1 aromatic rings. The van der Waals surface area contributed by atoms with Crippen LogP contribution in [0.3, 0.4) is 0 Å². The van der Waals surface area contributed by atoms with Crippen LogP contribution in [0.15, 0.2) is 24.3 Å². The molecule has 0 bridgehead atoms. The van der Waals surface area contributed by atoms with Gasteiger partial charge in [-0.15, -0.1) is 0 Å². The summed E-state index contributed by atoms with van der Waals surface area (Å²) in [6.07, 6.45) is 2.61. The van der Waals surface area contributed by atoms with E-state index in [-0.39, 0.29) is 0 Å². The molecular formula is C16H27N3. The van der Waals surface area contributed by atoms with Crippen molar-refractivity contribution in [1.29, 1.82) is 0 Å². The van der Waals surface area contributed by atoms with Crippen LogP contribution in [0.1, 0.15) is 18.4 Å². The van der Waals surface area contributed by atoms with Crippen LogP contribution in [0.2, 0.25) is 0 Å². The maximum atomic E-state index is 3.50. The van der Waals surface area contributed by atoms with E-state index in [1.165, 1.54) is 37.2 Å². The van der Waals surface area contributed by atoms with E-state index in [0.29, 0.717) is 0 Å². The Hall–Kier alpha value is -1.06. The zero-order valence-electron chi connectivity index (χ0n) is 12.5. The Morgan fingerprint density at radius 2 is 1.79 bits per heavy atom. The Bertz CT molecular complexity index is 364. The van der Waals surface area contributed by atoms with Gasteiger partial charge in [-0.1, -0.05) is 17.7 Å². The minimum Gasteiger partial charge on any atom is -0.384 e. The fraction of sp³-hybridized carbons (Fsp3) is 0.625. The molecule has 1 aromatic carbocycles. The van der Waals surface area contributed by atoms with E-state index in [2.05, 4.69) is 60.4 Å². The summed E-state index contributed by atoms with van der Waals surface area (Å²) in [5.74, 6) is 0. The zero-order valence-corrected chi connectivity index (χ0v) is 12.5. The van der Waals surface area contributed by atoms with Gasteiger partial charge in [-0.05, 0) is 59.1 Å². The van der Waals surface area contributed by atoms with E-state index < -0.39 is 0 Å². The minimum atomic E-state index is 0.779. The summed E-state index contributed by atoms with van der Waals surface area (Å²) in [5, 5.41) is 3.50. The highest BCUT2D eigenvalue weighted by Gasteiger charge is 2.19. The van der Waals surface area contributed by atoms with Gasteiger partial charge in [-0.2, -0.15) is 0 Å². The Morgan fingerprint density at radius 3 is 2.37 bits per heavy atom. The van der Waals surface area contributed by atoms with Crippen LogP contribution >= 0.6 is 0 Å². The molecule has 19 heavy (non-hydrogen) atoms. The van der Waals surface area contributed by atoms with Crippen LogP contribution in [-0.2, 0) is 0 Å². The lowest BCUT2D eigenvalue weighted by atomic mass is 10.0. The lowest BCUT2D eigenvalue weighted by Gasteiger charge is -2.35. The van der Waals surface area contributed by atoms with Crippen molar-refractivity contribution in [2.45, 2.75) is 25.8 Å². The highest BCUT2D eigenvalue weighted by molar-refractivity contribution is 5.44. The monoisotopic (exact) mass is 261 g/mol. The zero-order chi connectivity index (χ0) is 13.7. The summed E-state index contributed by atoms with van der Waals surface area (Å²) >= 11 is 0. The Morgan fingerprint density at radius 1 is 1.16 bits per heavy atom. The molecule has 1 aliphatic heterocycles. The molecule has 0 atom stereocenters. The normalized spacial score (nSPS) is 17.9. The molecule has 1 aliphatic rings. The van der Waals surface area contributed by atoms with E-state index in [0.717, 1.165) is 19.1 Å². The average molecular weight is 261 g/mol. The van der Waals surface area contributed by atoms with Gasteiger partial charge in [-0.3, -0.25) is 0 Å². The van der Waals surface area contributed by atoms with Gasteiger partial charge in [0.05, 0.1) is 0 Å². The first-order chi connectivity index (χ1) is 9.15. The number of nitrogens with one attached hydrogen (secondary N) is 1. The quantitative estimate of drug-likeness (QED) is 0.878. The second-order valence-corrected chi connectivity index (χ2v) is 5.83. The van der Waals surface area contributed by atoms with Crippen LogP contribution in [0.25, 0.3) is 0 Å². The molecular weight excluding hydrogens is 234 g/mol. The van der Waals surface area contributed by atoms with Crippen molar-refractivity contribution in [3.8, 4) is 0 Å². The van der Waals surface area contributed by atoms with Gasteiger partial charge >= 0.3 is 0 Å². The number of hydrogen-bond acceptors (Lipinski definition) is 3. The number of benzene rings is 1. The molecule has 2 rings (SSSR count). The number of anilines is 1. The van der Waals surface area contributed by atoms with Crippen molar-refractivity contribution in [2.24, 2.45) is 0 Å². The molecule has 1 fully saturated rings. The van der Waals surface area contributed by atoms with Gasteiger partial charge in [-0.25, -0.2) is 0 Å². The Kier molecular flexibility index (Phi) is 5.23. The molecule has 0 amide bonds. The highest BCUT2D eigenvalue weighted by atomic mass is 15.2. The van der Waals surface area contributed by atoms with Crippen molar-refractivity contribution in [3.05, 3.63) is 29.8 Å². The van der Waals surface area contributed by atoms with Crippen molar-refractivity contribution < 1.29 is 0 Å². The van der Waals surface area contributed by atoms with Gasteiger partial charge in [0.1, 0.15) is 0 Å². The van der Waals surface area contributed by atoms with Crippen molar-refractivity contribution in [2.75, 3.05) is 45.6 Å². The van der Waals surface area contributed by atoms with E-state index in [1.54, 1.807) is 0 Å². The van der Waals surface area contributed by atoms with Gasteiger partial charge < -0.3 is 15.1 Å². The third kappa shape index (κ3) is 4.51. The molecule has 0 aromatic heterocycles. The van der Waals surface area contributed by atoms with E-state index in [4.69, 9.17) is 0 Å². The fourth-order valence-electron chi connectivity index (χ4n) is 2.69. The molecule has 0 radical (unpaired) electrons. The number of aryl methyl sites for hydroxylation is 1. The standard InChI is InChI=1S/C16H27N3/c1-14-4-6-15(7-5-14)17-10-13-19-11-8-16(9-12-19)18(2)3/h4-7,16-17H,8-13H2,1-3H3. The number of rotatable bonds is 5. The molecule has 1 heterocycles. The predicted octanol–water partition coefficient (Wildman–Crippen LogP) is 2.43. The maximum Gasteiger partial charge on any atom is 0.0340 e. The average Bonchev–Trinajstić information content (AvgIpc) is 2.41. The van der Waals surface area contributed by atoms with E-state index in [1.807, 2.05) is 0 Å². The van der Waals surface area contributed by atoms with Crippen molar-refractivity contribution in [1.82, 2.24) is 9.80 Å². The molecule has 0 spiro atoms. The molecule has 106 valence electrons. The largest absolute Gasteiger partial charge is 0.384 e. The summed E-state index contributed by atoms with van der Waals surface area (Å²) in [4.78, 5) is 4.93. The lowest BCUT2D eigenvalue weighted by molar-refractivity contribution is 0.148. The summed E-state index contributed by atoms with van der Waals surface area (Å²) < 4.78 is 0. The molecule has 0 saturated carbocycles. The minimum absolute atomic E-state index is 0.779. The van der Waals surface area contributed by atoms with Crippen LogP contribution in [0.4, 0.5) is 5.69 Å². The van der Waals surface area contributed by atoms with Crippen LogP contribution in [0, 0.1) is 6.92 Å². The van der Waals surface area contributed by atoms with Crippen molar-refractivity contribution >= 4 is 5.69 Å². The molecule has 0 unspecified atom stereocenters. The topological polar surface area (TPSA) is 18.5 Å². The molecule has 0 aliphatic carbocycles. The van der Waals surface area contributed by atoms with Crippen LogP contribution in [-0.4, -0.2) is 56.1 Å². The fourth-order valence-corrected chi connectivity index (χ4v) is 2.69. The number of nitrogens with zero attached hydrogens (tertiary/aromatic N) is 2. The second-order valence-electron chi connectivity index (χ2n) is 5.83. The van der Waals surface area contributed by atoms with E-state index in [9.17, 15) is 0 Å². The van der Waals surface area contributed by atoms with Gasteiger partial charge in [0, 0.05) is 24.8 Å². The van der Waals surface area contributed by atoms with Gasteiger partial charge in [0.25, 0.3) is 0 Å². The lowest BCUT2D eigenvalue weighted by Crippen LogP contribution is -2.43. The number of piperidine rings is 1. The van der Waals surface area contributed by atoms with Crippen LogP contribution in [0.5, 0.6) is 0 Å². The summed E-state index contributed by atoms with van der Waals surface area (Å²) in [7, 11) is 4.39. The molecule has 3 nitrogen and oxygen atoms in total. The Labute approximate surface area is 117 Å². The first-order valence-corrected chi connectivity index (χ1v) is 7.34. The third-order valence-corrected chi connectivity index (χ3v) is 4.10. The molecule has 1 N–H and O–H groups in total. The first kappa shape index (κ1) is 14.4. The summed E-state index contributed by atoms with van der Waals surface area (Å²) in [6, 6.07) is 9.41. The molecule has 3 heteroatoms. The van der Waals surface area contributed by atoms with Gasteiger partial charge in [0.15, 0.2) is 0 Å². The summed E-state index contributed by atoms with van der Waals surface area (Å²) in [6.45, 7) is 6.78. The first-order valence-electron chi connectivity index (χ1n) is 7.34. The van der Waals surface area contributed by atoms with Crippen LogP contribution < -0.4 is 5.32 Å². The third-order valence-electron chi connectivity index (χ3n) is 4.10. The Balaban J connectivity index is 1.65. The predicted molar refractivity (Wildman–Crippen MR) is 82.8 cm³/mol. The highest BCUT2D eigenvalue weighted by Crippen LogP contribution is 2.14. The number of hydrogen-bond donors (Lipinski definition) is 1. The van der Waals surface area contributed by atoms with Gasteiger partial charge in [0.2, 0.25) is 0 Å². The number of likely N-dealkylation sites (tertiary alicyclic amines) is 1. The van der Waals surface area contributed by atoms with E-state index >= 15 is 0 Å². The molecule has 1 saturated heterocycles. The SMILES string of the molecule is Cc1ccc(NCCN2CCC(N(C)C)CC2)cc1. The maximum absolute atomic E-state index is 3.50.